The van der Waals surface area contributed by atoms with Crippen LogP contribution < -0.4 is 0 Å². The minimum atomic E-state index is -0.0353. The first-order valence-corrected chi connectivity index (χ1v) is 7.80. The molecule has 1 aromatic rings. The van der Waals surface area contributed by atoms with Crippen molar-refractivity contribution in [1.82, 2.24) is 4.90 Å². The van der Waals surface area contributed by atoms with E-state index in [2.05, 4.69) is 42.2 Å². The van der Waals surface area contributed by atoms with Crippen molar-refractivity contribution in [3.63, 3.8) is 0 Å². The average Bonchev–Trinajstić information content (AvgIpc) is 2.48. The van der Waals surface area contributed by atoms with E-state index in [1.54, 1.807) is 0 Å². The predicted molar refractivity (Wildman–Crippen MR) is 85.9 cm³/mol. The third kappa shape index (κ3) is 5.01. The van der Waals surface area contributed by atoms with Gasteiger partial charge in [-0.2, -0.15) is 0 Å². The van der Waals surface area contributed by atoms with E-state index in [-0.39, 0.29) is 11.9 Å². The summed E-state index contributed by atoms with van der Waals surface area (Å²) in [4.78, 5) is 14.2. The van der Waals surface area contributed by atoms with Crippen LogP contribution in [0.5, 0.6) is 0 Å². The summed E-state index contributed by atoms with van der Waals surface area (Å²) >= 11 is 0. The number of hydrogen-bond donors (Lipinski definition) is 0. The van der Waals surface area contributed by atoms with E-state index in [1.807, 2.05) is 13.0 Å². The van der Waals surface area contributed by atoms with Crippen molar-refractivity contribution in [2.75, 3.05) is 26.2 Å². The molecule has 2 rings (SSSR count). The summed E-state index contributed by atoms with van der Waals surface area (Å²) < 4.78 is 5.15. The Bertz CT molecular complexity index is 481. The first kappa shape index (κ1) is 15.8. The molecule has 114 valence electrons. The summed E-state index contributed by atoms with van der Waals surface area (Å²) in [6.45, 7) is 7.30. The van der Waals surface area contributed by atoms with Crippen LogP contribution in [-0.2, 0) is 9.53 Å². The first-order valence-electron chi connectivity index (χ1n) is 7.80. The van der Waals surface area contributed by atoms with E-state index in [4.69, 9.17) is 4.74 Å². The van der Waals surface area contributed by atoms with Crippen LogP contribution in [0, 0.1) is 5.92 Å². The quantitative estimate of drug-likeness (QED) is 0.778. The van der Waals surface area contributed by atoms with Crippen molar-refractivity contribution < 1.29 is 9.53 Å². The van der Waals surface area contributed by atoms with Gasteiger partial charge in [0.1, 0.15) is 0 Å². The lowest BCUT2D eigenvalue weighted by molar-refractivity contribution is -0.149. The molecule has 0 aromatic heterocycles. The molecule has 0 amide bonds. The van der Waals surface area contributed by atoms with Crippen LogP contribution in [0.25, 0.3) is 6.08 Å². The fourth-order valence-electron chi connectivity index (χ4n) is 2.88. The summed E-state index contributed by atoms with van der Waals surface area (Å²) in [5.74, 6) is 0.00937. The zero-order chi connectivity index (χ0) is 15.1. The molecule has 3 heteroatoms. The molecule has 1 aromatic carbocycles. The second-order valence-corrected chi connectivity index (χ2v) is 5.73. The van der Waals surface area contributed by atoms with Gasteiger partial charge in [0.05, 0.1) is 12.5 Å². The van der Waals surface area contributed by atoms with Gasteiger partial charge in [-0.1, -0.05) is 42.0 Å². The molecule has 0 spiro atoms. The molecule has 0 N–H and O–H groups in total. The van der Waals surface area contributed by atoms with Crippen LogP contribution in [0.2, 0.25) is 0 Å². The molecule has 0 radical (unpaired) electrons. The molecule has 0 bridgehead atoms. The number of esters is 1. The standard InChI is InChI=1S/C18H25NO2/c1-3-21-18(20)17-10-7-11-19(14-17)13-15(2)12-16-8-5-4-6-9-16/h4-6,8-9,12,17H,3,7,10-11,13-14H2,1-2H3/b15-12+/t17-/m0/s1. The Hall–Kier alpha value is -1.61. The molecule has 1 saturated heterocycles. The van der Waals surface area contributed by atoms with E-state index in [0.717, 1.165) is 32.5 Å². The molecule has 1 fully saturated rings. The third-order valence-electron chi connectivity index (χ3n) is 3.81. The Labute approximate surface area is 127 Å². The lowest BCUT2D eigenvalue weighted by atomic mass is 9.97. The Morgan fingerprint density at radius 3 is 2.86 bits per heavy atom. The molecule has 1 aliphatic rings. The average molecular weight is 287 g/mol. The number of nitrogens with zero attached hydrogens (tertiary/aromatic N) is 1. The second kappa shape index (κ2) is 7.99. The van der Waals surface area contributed by atoms with Crippen molar-refractivity contribution in [2.45, 2.75) is 26.7 Å². The van der Waals surface area contributed by atoms with Crippen LogP contribution >= 0.6 is 0 Å². The number of likely N-dealkylation sites (tertiary alicyclic amines) is 1. The summed E-state index contributed by atoms with van der Waals surface area (Å²) in [5, 5.41) is 0. The fourth-order valence-corrected chi connectivity index (χ4v) is 2.88. The fraction of sp³-hybridized carbons (Fsp3) is 0.500. The summed E-state index contributed by atoms with van der Waals surface area (Å²) in [5.41, 5.74) is 2.56. The maximum absolute atomic E-state index is 11.9. The van der Waals surface area contributed by atoms with E-state index >= 15 is 0 Å². The highest BCUT2D eigenvalue weighted by Gasteiger charge is 2.26. The van der Waals surface area contributed by atoms with Crippen molar-refractivity contribution >= 4 is 12.0 Å². The molecule has 0 aliphatic carbocycles. The second-order valence-electron chi connectivity index (χ2n) is 5.73. The zero-order valence-electron chi connectivity index (χ0n) is 13.0. The minimum absolute atomic E-state index is 0.0353. The number of piperidine rings is 1. The molecule has 3 nitrogen and oxygen atoms in total. The van der Waals surface area contributed by atoms with Crippen LogP contribution in [0.4, 0.5) is 0 Å². The molecule has 1 atom stereocenters. The molecule has 0 saturated carbocycles. The van der Waals surface area contributed by atoms with Gasteiger partial charge in [-0.05, 0) is 38.8 Å². The number of ether oxygens (including phenoxy) is 1. The topological polar surface area (TPSA) is 29.5 Å². The monoisotopic (exact) mass is 287 g/mol. The maximum Gasteiger partial charge on any atom is 0.310 e. The third-order valence-corrected chi connectivity index (χ3v) is 3.81. The molecular formula is C18H25NO2. The number of carbonyl (C=O) groups is 1. The largest absolute Gasteiger partial charge is 0.466 e. The number of carbonyl (C=O) groups excluding carboxylic acids is 1. The normalized spacial score (nSPS) is 20.3. The lowest BCUT2D eigenvalue weighted by Crippen LogP contribution is -2.40. The minimum Gasteiger partial charge on any atom is -0.466 e. The maximum atomic E-state index is 11.9. The summed E-state index contributed by atoms with van der Waals surface area (Å²) in [6.07, 6.45) is 4.24. The van der Waals surface area contributed by atoms with Gasteiger partial charge < -0.3 is 4.74 Å². The molecule has 0 unspecified atom stereocenters. The number of benzene rings is 1. The molecule has 1 aliphatic heterocycles. The van der Waals surface area contributed by atoms with Gasteiger partial charge in [0.25, 0.3) is 0 Å². The van der Waals surface area contributed by atoms with Gasteiger partial charge >= 0.3 is 5.97 Å². The Morgan fingerprint density at radius 2 is 2.14 bits per heavy atom. The van der Waals surface area contributed by atoms with E-state index in [0.29, 0.717) is 6.61 Å². The van der Waals surface area contributed by atoms with Crippen LogP contribution in [0.3, 0.4) is 0 Å². The Morgan fingerprint density at radius 1 is 1.38 bits per heavy atom. The zero-order valence-corrected chi connectivity index (χ0v) is 13.0. The number of rotatable bonds is 5. The summed E-state index contributed by atoms with van der Waals surface area (Å²) in [7, 11) is 0. The van der Waals surface area contributed by atoms with E-state index in [9.17, 15) is 4.79 Å². The SMILES string of the molecule is CCOC(=O)[C@H]1CCCN(C/C(C)=C/c2ccccc2)C1. The Balaban J connectivity index is 1.90. The highest BCUT2D eigenvalue weighted by atomic mass is 16.5. The molecule has 21 heavy (non-hydrogen) atoms. The van der Waals surface area contributed by atoms with Crippen LogP contribution in [-0.4, -0.2) is 37.1 Å². The van der Waals surface area contributed by atoms with Crippen molar-refractivity contribution in [1.29, 1.82) is 0 Å². The van der Waals surface area contributed by atoms with E-state index in [1.165, 1.54) is 11.1 Å². The highest BCUT2D eigenvalue weighted by molar-refractivity contribution is 5.72. The van der Waals surface area contributed by atoms with E-state index < -0.39 is 0 Å². The van der Waals surface area contributed by atoms with Crippen molar-refractivity contribution in [2.24, 2.45) is 5.92 Å². The molecular weight excluding hydrogens is 262 g/mol. The predicted octanol–water partition coefficient (Wildman–Crippen LogP) is 3.37. The highest BCUT2D eigenvalue weighted by Crippen LogP contribution is 2.19. The van der Waals surface area contributed by atoms with Crippen LogP contribution in [0.1, 0.15) is 32.3 Å². The Kier molecular flexibility index (Phi) is 6.00. The molecule has 1 heterocycles. The van der Waals surface area contributed by atoms with Crippen molar-refractivity contribution in [3.05, 3.63) is 41.5 Å². The van der Waals surface area contributed by atoms with Gasteiger partial charge in [-0.3, -0.25) is 9.69 Å². The van der Waals surface area contributed by atoms with Gasteiger partial charge in [0, 0.05) is 13.1 Å². The van der Waals surface area contributed by atoms with Gasteiger partial charge in [0.15, 0.2) is 0 Å². The van der Waals surface area contributed by atoms with Crippen molar-refractivity contribution in [3.8, 4) is 0 Å². The van der Waals surface area contributed by atoms with Gasteiger partial charge in [-0.25, -0.2) is 0 Å². The smallest absolute Gasteiger partial charge is 0.310 e. The van der Waals surface area contributed by atoms with Crippen LogP contribution in [0.15, 0.2) is 35.9 Å². The first-order chi connectivity index (χ1) is 10.2. The number of hydrogen-bond acceptors (Lipinski definition) is 3. The summed E-state index contributed by atoms with van der Waals surface area (Å²) in [6, 6.07) is 10.4. The van der Waals surface area contributed by atoms with Gasteiger partial charge in [-0.15, -0.1) is 0 Å². The lowest BCUT2D eigenvalue weighted by Gasteiger charge is -2.31. The van der Waals surface area contributed by atoms with Gasteiger partial charge in [0.2, 0.25) is 0 Å².